The van der Waals surface area contributed by atoms with Gasteiger partial charge in [0.15, 0.2) is 0 Å². The van der Waals surface area contributed by atoms with Crippen molar-refractivity contribution < 1.29 is 19.4 Å². The highest BCUT2D eigenvalue weighted by Gasteiger charge is 2.50. The summed E-state index contributed by atoms with van der Waals surface area (Å²) in [4.78, 5) is 28.4. The fraction of sp³-hybridized carbons (Fsp3) is 0.600. The largest absolute Gasteiger partial charge is 0.481 e. The van der Waals surface area contributed by atoms with Gasteiger partial charge >= 0.3 is 5.97 Å². The molecule has 1 aromatic carbocycles. The molecule has 0 radical (unpaired) electrons. The highest BCUT2D eigenvalue weighted by atomic mass is 16.5. The van der Waals surface area contributed by atoms with E-state index in [1.54, 1.807) is 0 Å². The summed E-state index contributed by atoms with van der Waals surface area (Å²) in [5, 5.41) is 9.31. The zero-order valence-corrected chi connectivity index (χ0v) is 15.0. The Hall–Kier alpha value is -1.92. The zero-order chi connectivity index (χ0) is 18.1. The van der Waals surface area contributed by atoms with Crippen molar-refractivity contribution in [2.75, 3.05) is 32.8 Å². The van der Waals surface area contributed by atoms with Crippen LogP contribution < -0.4 is 0 Å². The van der Waals surface area contributed by atoms with E-state index in [0.29, 0.717) is 25.3 Å². The van der Waals surface area contributed by atoms with Gasteiger partial charge in [-0.25, -0.2) is 0 Å². The molecule has 0 bridgehead atoms. The lowest BCUT2D eigenvalue weighted by molar-refractivity contribution is -0.142. The SMILES string of the molecule is O=C(O)CC1(N2C[C@@H]3CN(C(=O)c4ccccc4)CCO[C@@H]3C2)CCC1. The number of hydrogen-bond acceptors (Lipinski definition) is 4. The molecular weight excluding hydrogens is 332 g/mol. The molecular formula is C20H26N2O4. The number of benzene rings is 1. The van der Waals surface area contributed by atoms with Gasteiger partial charge in [0.1, 0.15) is 0 Å². The molecule has 2 heterocycles. The van der Waals surface area contributed by atoms with E-state index in [1.807, 2.05) is 35.2 Å². The second-order valence-corrected chi connectivity index (χ2v) is 7.84. The Morgan fingerprint density at radius 1 is 1.15 bits per heavy atom. The minimum absolute atomic E-state index is 0.0530. The summed E-state index contributed by atoms with van der Waals surface area (Å²) in [6, 6.07) is 9.38. The highest BCUT2D eigenvalue weighted by Crippen LogP contribution is 2.44. The third-order valence-corrected chi connectivity index (χ3v) is 6.27. The van der Waals surface area contributed by atoms with Gasteiger partial charge in [0, 0.05) is 43.2 Å². The molecule has 1 amide bonds. The molecule has 2 atom stereocenters. The third-order valence-electron chi connectivity index (χ3n) is 6.27. The topological polar surface area (TPSA) is 70.1 Å². The van der Waals surface area contributed by atoms with Crippen molar-refractivity contribution in [2.24, 2.45) is 5.92 Å². The van der Waals surface area contributed by atoms with Crippen molar-refractivity contribution in [3.05, 3.63) is 35.9 Å². The number of amides is 1. The highest BCUT2D eigenvalue weighted by molar-refractivity contribution is 5.94. The Bertz CT molecular complexity index is 674. The molecule has 0 unspecified atom stereocenters. The van der Waals surface area contributed by atoms with Crippen molar-refractivity contribution in [2.45, 2.75) is 37.3 Å². The predicted octanol–water partition coefficient (Wildman–Crippen LogP) is 1.86. The third kappa shape index (κ3) is 3.23. The molecule has 3 aliphatic rings. The van der Waals surface area contributed by atoms with Crippen LogP contribution in [0.4, 0.5) is 0 Å². The number of aliphatic carboxylic acids is 1. The number of rotatable bonds is 4. The van der Waals surface area contributed by atoms with Crippen LogP contribution in [0.5, 0.6) is 0 Å². The smallest absolute Gasteiger partial charge is 0.305 e. The van der Waals surface area contributed by atoms with Crippen molar-refractivity contribution >= 4 is 11.9 Å². The van der Waals surface area contributed by atoms with Gasteiger partial charge in [-0.05, 0) is 31.4 Å². The molecule has 140 valence electrons. The first-order chi connectivity index (χ1) is 12.6. The Morgan fingerprint density at radius 3 is 2.58 bits per heavy atom. The van der Waals surface area contributed by atoms with E-state index in [0.717, 1.165) is 32.4 Å². The lowest BCUT2D eigenvalue weighted by Gasteiger charge is -2.48. The monoisotopic (exact) mass is 358 g/mol. The number of hydrogen-bond donors (Lipinski definition) is 1. The van der Waals surface area contributed by atoms with Gasteiger partial charge in [-0.3, -0.25) is 14.5 Å². The average Bonchev–Trinajstić information content (AvgIpc) is 2.90. The Labute approximate surface area is 153 Å². The van der Waals surface area contributed by atoms with Crippen LogP contribution in [-0.4, -0.2) is 71.2 Å². The minimum Gasteiger partial charge on any atom is -0.481 e. The Balaban J connectivity index is 1.46. The fourth-order valence-electron chi connectivity index (χ4n) is 4.70. The Morgan fingerprint density at radius 2 is 1.92 bits per heavy atom. The summed E-state index contributed by atoms with van der Waals surface area (Å²) in [6.45, 7) is 3.43. The van der Waals surface area contributed by atoms with E-state index in [9.17, 15) is 14.7 Å². The van der Waals surface area contributed by atoms with Crippen LogP contribution in [0.1, 0.15) is 36.0 Å². The van der Waals surface area contributed by atoms with E-state index in [2.05, 4.69) is 4.90 Å². The molecule has 1 N–H and O–H groups in total. The molecule has 6 nitrogen and oxygen atoms in total. The number of fused-ring (bicyclic) bond motifs is 1. The maximum atomic E-state index is 12.8. The quantitative estimate of drug-likeness (QED) is 0.890. The maximum absolute atomic E-state index is 12.8. The summed E-state index contributed by atoms with van der Waals surface area (Å²) in [7, 11) is 0. The van der Waals surface area contributed by atoms with Gasteiger partial charge in [-0.2, -0.15) is 0 Å². The van der Waals surface area contributed by atoms with Crippen LogP contribution in [0.2, 0.25) is 0 Å². The van der Waals surface area contributed by atoms with Crippen LogP contribution in [0, 0.1) is 5.92 Å². The molecule has 3 fully saturated rings. The first-order valence-corrected chi connectivity index (χ1v) is 9.50. The zero-order valence-electron chi connectivity index (χ0n) is 15.0. The van der Waals surface area contributed by atoms with Gasteiger partial charge in [0.05, 0.1) is 19.1 Å². The molecule has 1 saturated carbocycles. The van der Waals surface area contributed by atoms with Gasteiger partial charge in [0.2, 0.25) is 0 Å². The summed E-state index contributed by atoms with van der Waals surface area (Å²) >= 11 is 0. The summed E-state index contributed by atoms with van der Waals surface area (Å²) in [6.07, 6.45) is 3.30. The van der Waals surface area contributed by atoms with Crippen LogP contribution in [0.25, 0.3) is 0 Å². The van der Waals surface area contributed by atoms with Crippen molar-refractivity contribution in [3.63, 3.8) is 0 Å². The number of nitrogens with zero attached hydrogens (tertiary/aromatic N) is 2. The predicted molar refractivity (Wildman–Crippen MR) is 96.0 cm³/mol. The molecule has 1 aromatic rings. The number of likely N-dealkylation sites (tertiary alicyclic amines) is 1. The standard InChI is InChI=1S/C20H26N2O4/c23-18(24)11-20(7-4-8-20)22-13-16-12-21(9-10-26-17(16)14-22)19(25)15-5-2-1-3-6-15/h1-3,5-6,16-17H,4,7-14H2,(H,23,24)/t16-,17+/m0/s1. The molecule has 2 aliphatic heterocycles. The van der Waals surface area contributed by atoms with Crippen LogP contribution in [0.3, 0.4) is 0 Å². The number of carbonyl (C=O) groups is 2. The lowest BCUT2D eigenvalue weighted by atomic mass is 9.73. The number of ether oxygens (including phenoxy) is 1. The molecule has 1 aliphatic carbocycles. The van der Waals surface area contributed by atoms with Crippen LogP contribution in [-0.2, 0) is 9.53 Å². The van der Waals surface area contributed by atoms with Crippen LogP contribution >= 0.6 is 0 Å². The first-order valence-electron chi connectivity index (χ1n) is 9.50. The molecule has 0 aromatic heterocycles. The van der Waals surface area contributed by atoms with E-state index in [1.165, 1.54) is 0 Å². The molecule has 4 rings (SSSR count). The molecule has 2 saturated heterocycles. The van der Waals surface area contributed by atoms with Gasteiger partial charge in [0.25, 0.3) is 5.91 Å². The summed E-state index contributed by atoms with van der Waals surface area (Å²) in [5.74, 6) is -0.424. The number of carbonyl (C=O) groups excluding carboxylic acids is 1. The molecule has 0 spiro atoms. The first kappa shape index (κ1) is 17.5. The number of carboxylic acids is 1. The van der Waals surface area contributed by atoms with E-state index < -0.39 is 5.97 Å². The normalized spacial score (nSPS) is 28.1. The van der Waals surface area contributed by atoms with E-state index in [4.69, 9.17) is 4.74 Å². The fourth-order valence-corrected chi connectivity index (χ4v) is 4.70. The summed E-state index contributed by atoms with van der Waals surface area (Å²) in [5.41, 5.74) is 0.512. The van der Waals surface area contributed by atoms with Gasteiger partial charge in [-0.1, -0.05) is 18.2 Å². The van der Waals surface area contributed by atoms with Crippen molar-refractivity contribution in [1.82, 2.24) is 9.80 Å². The molecule has 6 heteroatoms. The Kier molecular flexibility index (Phi) is 4.71. The minimum atomic E-state index is -0.724. The number of carboxylic acid groups (broad SMARTS) is 1. The van der Waals surface area contributed by atoms with E-state index in [-0.39, 0.29) is 29.9 Å². The van der Waals surface area contributed by atoms with Crippen molar-refractivity contribution in [3.8, 4) is 0 Å². The van der Waals surface area contributed by atoms with Gasteiger partial charge in [-0.15, -0.1) is 0 Å². The average molecular weight is 358 g/mol. The molecule has 26 heavy (non-hydrogen) atoms. The van der Waals surface area contributed by atoms with Crippen molar-refractivity contribution in [1.29, 1.82) is 0 Å². The second kappa shape index (κ2) is 7.00. The maximum Gasteiger partial charge on any atom is 0.305 e. The lowest BCUT2D eigenvalue weighted by Crippen LogP contribution is -2.54. The second-order valence-electron chi connectivity index (χ2n) is 7.84. The van der Waals surface area contributed by atoms with E-state index >= 15 is 0 Å². The van der Waals surface area contributed by atoms with Crippen LogP contribution in [0.15, 0.2) is 30.3 Å². The van der Waals surface area contributed by atoms with Gasteiger partial charge < -0.3 is 14.7 Å². The summed E-state index contributed by atoms with van der Waals surface area (Å²) < 4.78 is 6.06.